The standard InChI is InChI=1S/C14H20N4O4S/c1-9-8-11(4-5-12(9)17-23(3,21)22)16-10(2)13(19)18-7-6-15-14(18)20/h4-5,8,10,16-17H,6-7H2,1-3H3,(H,15,20). The van der Waals surface area contributed by atoms with Gasteiger partial charge in [-0.05, 0) is 37.6 Å². The van der Waals surface area contributed by atoms with E-state index in [1.165, 1.54) is 4.90 Å². The number of hydrogen-bond acceptors (Lipinski definition) is 5. The summed E-state index contributed by atoms with van der Waals surface area (Å²) in [6.45, 7) is 4.26. The van der Waals surface area contributed by atoms with Gasteiger partial charge >= 0.3 is 6.03 Å². The van der Waals surface area contributed by atoms with Crippen molar-refractivity contribution in [1.29, 1.82) is 0 Å². The van der Waals surface area contributed by atoms with Gasteiger partial charge in [-0.15, -0.1) is 0 Å². The van der Waals surface area contributed by atoms with Crippen LogP contribution in [-0.4, -0.2) is 50.6 Å². The van der Waals surface area contributed by atoms with Gasteiger partial charge in [0.15, 0.2) is 0 Å². The lowest BCUT2D eigenvalue weighted by Gasteiger charge is -2.20. The fraction of sp³-hybridized carbons (Fsp3) is 0.429. The number of imide groups is 1. The highest BCUT2D eigenvalue weighted by atomic mass is 32.2. The van der Waals surface area contributed by atoms with E-state index in [9.17, 15) is 18.0 Å². The Morgan fingerprint density at radius 2 is 2.09 bits per heavy atom. The van der Waals surface area contributed by atoms with Gasteiger partial charge in [0.25, 0.3) is 5.91 Å². The van der Waals surface area contributed by atoms with Crippen LogP contribution in [0.1, 0.15) is 12.5 Å². The molecule has 0 radical (unpaired) electrons. The van der Waals surface area contributed by atoms with Crippen LogP contribution in [0.25, 0.3) is 0 Å². The molecule has 23 heavy (non-hydrogen) atoms. The van der Waals surface area contributed by atoms with E-state index in [0.717, 1.165) is 11.8 Å². The summed E-state index contributed by atoms with van der Waals surface area (Å²) in [5, 5.41) is 5.60. The Balaban J connectivity index is 2.06. The maximum atomic E-state index is 12.2. The predicted octanol–water partition coefficient (Wildman–Crippen LogP) is 0.719. The van der Waals surface area contributed by atoms with Crippen molar-refractivity contribution in [2.45, 2.75) is 19.9 Å². The molecule has 3 amide bonds. The average molecular weight is 340 g/mol. The summed E-state index contributed by atoms with van der Waals surface area (Å²) in [7, 11) is -3.34. The second-order valence-electron chi connectivity index (χ2n) is 5.49. The number of benzene rings is 1. The number of rotatable bonds is 5. The number of carbonyl (C=O) groups excluding carboxylic acids is 2. The highest BCUT2D eigenvalue weighted by molar-refractivity contribution is 7.92. The van der Waals surface area contributed by atoms with Gasteiger partial charge in [-0.3, -0.25) is 14.4 Å². The monoisotopic (exact) mass is 340 g/mol. The van der Waals surface area contributed by atoms with Gasteiger partial charge in [0.05, 0.1) is 11.9 Å². The fourth-order valence-electron chi connectivity index (χ4n) is 2.30. The topological polar surface area (TPSA) is 108 Å². The molecule has 0 aliphatic carbocycles. The molecule has 1 fully saturated rings. The first-order valence-corrected chi connectivity index (χ1v) is 9.01. The molecule has 0 aromatic heterocycles. The van der Waals surface area contributed by atoms with E-state index >= 15 is 0 Å². The first-order chi connectivity index (χ1) is 10.7. The van der Waals surface area contributed by atoms with Crippen LogP contribution in [0.3, 0.4) is 0 Å². The molecule has 9 heteroatoms. The van der Waals surface area contributed by atoms with Gasteiger partial charge in [-0.25, -0.2) is 13.2 Å². The van der Waals surface area contributed by atoms with E-state index in [1.807, 2.05) is 0 Å². The highest BCUT2D eigenvalue weighted by Crippen LogP contribution is 2.21. The van der Waals surface area contributed by atoms with Gasteiger partial charge in [-0.2, -0.15) is 0 Å². The fourth-order valence-corrected chi connectivity index (χ4v) is 2.92. The summed E-state index contributed by atoms with van der Waals surface area (Å²) in [4.78, 5) is 24.9. The SMILES string of the molecule is Cc1cc(NC(C)C(=O)N2CCNC2=O)ccc1NS(C)(=O)=O. The number of nitrogens with zero attached hydrogens (tertiary/aromatic N) is 1. The number of aryl methyl sites for hydroxylation is 1. The van der Waals surface area contributed by atoms with Gasteiger partial charge in [0, 0.05) is 18.8 Å². The Morgan fingerprint density at radius 3 is 2.61 bits per heavy atom. The lowest BCUT2D eigenvalue weighted by Crippen LogP contribution is -2.43. The van der Waals surface area contributed by atoms with Crippen LogP contribution in [0.5, 0.6) is 0 Å². The molecule has 0 saturated carbocycles. The first-order valence-electron chi connectivity index (χ1n) is 7.11. The third kappa shape index (κ3) is 4.35. The van der Waals surface area contributed by atoms with E-state index in [-0.39, 0.29) is 11.9 Å². The molecule has 2 rings (SSSR count). The van der Waals surface area contributed by atoms with Crippen molar-refractivity contribution in [3.8, 4) is 0 Å². The largest absolute Gasteiger partial charge is 0.374 e. The van der Waals surface area contributed by atoms with Crippen LogP contribution < -0.4 is 15.4 Å². The molecule has 1 aromatic rings. The van der Waals surface area contributed by atoms with E-state index in [1.54, 1.807) is 32.0 Å². The van der Waals surface area contributed by atoms with Crippen molar-refractivity contribution in [3.63, 3.8) is 0 Å². The molecular weight excluding hydrogens is 320 g/mol. The molecule has 3 N–H and O–H groups in total. The lowest BCUT2D eigenvalue weighted by molar-refractivity contribution is -0.128. The molecule has 1 saturated heterocycles. The second kappa shape index (κ2) is 6.45. The van der Waals surface area contributed by atoms with E-state index in [2.05, 4.69) is 15.4 Å². The van der Waals surface area contributed by atoms with Crippen molar-refractivity contribution in [2.75, 3.05) is 29.4 Å². The molecule has 0 bridgehead atoms. The zero-order valence-electron chi connectivity index (χ0n) is 13.2. The van der Waals surface area contributed by atoms with E-state index < -0.39 is 16.1 Å². The number of carbonyl (C=O) groups is 2. The number of urea groups is 1. The van der Waals surface area contributed by atoms with Crippen LogP contribution in [0.15, 0.2) is 18.2 Å². The minimum atomic E-state index is -3.34. The summed E-state index contributed by atoms with van der Waals surface area (Å²) in [5.74, 6) is -0.309. The van der Waals surface area contributed by atoms with Crippen molar-refractivity contribution in [1.82, 2.24) is 10.2 Å². The van der Waals surface area contributed by atoms with Gasteiger partial charge in [-0.1, -0.05) is 0 Å². The molecule has 8 nitrogen and oxygen atoms in total. The Hall–Kier alpha value is -2.29. The molecule has 1 aromatic carbocycles. The van der Waals surface area contributed by atoms with Crippen LogP contribution >= 0.6 is 0 Å². The Labute approximate surface area is 135 Å². The highest BCUT2D eigenvalue weighted by Gasteiger charge is 2.29. The predicted molar refractivity (Wildman–Crippen MR) is 87.8 cm³/mol. The molecule has 126 valence electrons. The van der Waals surface area contributed by atoms with E-state index in [0.29, 0.717) is 24.5 Å². The Bertz CT molecular complexity index is 732. The molecular formula is C14H20N4O4S. The number of amides is 3. The van der Waals surface area contributed by atoms with Gasteiger partial charge < -0.3 is 10.6 Å². The molecule has 0 spiro atoms. The molecule has 1 unspecified atom stereocenters. The second-order valence-corrected chi connectivity index (χ2v) is 7.24. The van der Waals surface area contributed by atoms with Crippen molar-refractivity contribution >= 4 is 33.3 Å². The number of sulfonamides is 1. The lowest BCUT2D eigenvalue weighted by atomic mass is 10.1. The summed E-state index contributed by atoms with van der Waals surface area (Å²) in [6.07, 6.45) is 1.08. The summed E-state index contributed by atoms with van der Waals surface area (Å²) in [6, 6.07) is 4.08. The zero-order chi connectivity index (χ0) is 17.2. The minimum absolute atomic E-state index is 0.309. The minimum Gasteiger partial charge on any atom is -0.374 e. The molecule has 1 atom stereocenters. The third-order valence-corrected chi connectivity index (χ3v) is 3.99. The smallest absolute Gasteiger partial charge is 0.324 e. The molecule has 1 aliphatic rings. The number of anilines is 2. The zero-order valence-corrected chi connectivity index (χ0v) is 14.0. The number of hydrogen-bond donors (Lipinski definition) is 3. The average Bonchev–Trinajstić information content (AvgIpc) is 2.86. The maximum Gasteiger partial charge on any atom is 0.324 e. The van der Waals surface area contributed by atoms with Crippen molar-refractivity contribution in [3.05, 3.63) is 23.8 Å². The summed E-state index contributed by atoms with van der Waals surface area (Å²) in [5.41, 5.74) is 1.87. The van der Waals surface area contributed by atoms with Crippen LogP contribution in [0.4, 0.5) is 16.2 Å². The van der Waals surface area contributed by atoms with Crippen molar-refractivity contribution in [2.24, 2.45) is 0 Å². The Kier molecular flexibility index (Phi) is 4.79. The van der Waals surface area contributed by atoms with Crippen LogP contribution in [-0.2, 0) is 14.8 Å². The molecule has 1 heterocycles. The number of nitrogens with one attached hydrogen (secondary N) is 3. The van der Waals surface area contributed by atoms with E-state index in [4.69, 9.17) is 0 Å². The summed E-state index contributed by atoms with van der Waals surface area (Å²) < 4.78 is 25.0. The third-order valence-electron chi connectivity index (χ3n) is 3.40. The Morgan fingerprint density at radius 1 is 1.39 bits per heavy atom. The normalized spacial score (nSPS) is 16.0. The van der Waals surface area contributed by atoms with Crippen LogP contribution in [0, 0.1) is 6.92 Å². The first kappa shape index (κ1) is 17.1. The quantitative estimate of drug-likeness (QED) is 0.732. The van der Waals surface area contributed by atoms with Gasteiger partial charge in [0.1, 0.15) is 6.04 Å². The van der Waals surface area contributed by atoms with Gasteiger partial charge in [0.2, 0.25) is 10.0 Å². The van der Waals surface area contributed by atoms with Crippen molar-refractivity contribution < 1.29 is 18.0 Å². The maximum absolute atomic E-state index is 12.2. The summed E-state index contributed by atoms with van der Waals surface area (Å²) >= 11 is 0. The van der Waals surface area contributed by atoms with Crippen LogP contribution in [0.2, 0.25) is 0 Å². The molecule has 1 aliphatic heterocycles.